The Bertz CT molecular complexity index is 1520. The average molecular weight is 543 g/mol. The van der Waals surface area contributed by atoms with Crippen molar-refractivity contribution in [2.75, 3.05) is 32.7 Å². The van der Waals surface area contributed by atoms with Crippen molar-refractivity contribution >= 4 is 27.7 Å². The number of carbonyl (C=O) groups excluding carboxylic acids is 2. The van der Waals surface area contributed by atoms with Crippen molar-refractivity contribution in [3.8, 4) is 5.69 Å². The van der Waals surface area contributed by atoms with Gasteiger partial charge in [0.25, 0.3) is 5.91 Å². The number of carbonyl (C=O) groups is 3. The highest BCUT2D eigenvalue weighted by molar-refractivity contribution is 7.89. The van der Waals surface area contributed by atoms with E-state index in [1.807, 2.05) is 23.3 Å². The lowest BCUT2D eigenvalue weighted by atomic mass is 10.1. The molecular formula is C26H27FN4O6S. The summed E-state index contributed by atoms with van der Waals surface area (Å²) in [5.74, 6) is -2.86. The van der Waals surface area contributed by atoms with Gasteiger partial charge >= 0.3 is 5.97 Å². The van der Waals surface area contributed by atoms with Crippen LogP contribution in [0.2, 0.25) is 0 Å². The van der Waals surface area contributed by atoms with Gasteiger partial charge in [-0.05, 0) is 62.4 Å². The molecule has 1 amide bonds. The Morgan fingerprint density at radius 3 is 2.13 bits per heavy atom. The van der Waals surface area contributed by atoms with E-state index >= 15 is 0 Å². The van der Waals surface area contributed by atoms with E-state index in [-0.39, 0.29) is 22.8 Å². The first-order chi connectivity index (χ1) is 17.9. The SMILES string of the molecule is Cc1cc(C(=O)CN2CCN(C(=O)c3ccc(C(=O)O)c(F)c3)CC2)c(C)n1-c1ccc(S(N)(=O)=O)cc1. The van der Waals surface area contributed by atoms with Gasteiger partial charge in [-0.25, -0.2) is 22.7 Å². The molecule has 0 radical (unpaired) electrons. The maximum absolute atomic E-state index is 14.0. The molecule has 4 rings (SSSR count). The lowest BCUT2D eigenvalue weighted by molar-refractivity contribution is 0.0620. The van der Waals surface area contributed by atoms with Crippen LogP contribution in [0, 0.1) is 19.7 Å². The number of benzene rings is 2. The molecule has 0 unspecified atom stereocenters. The second kappa shape index (κ2) is 10.5. The molecule has 0 aliphatic carbocycles. The first-order valence-electron chi connectivity index (χ1n) is 11.8. The number of amides is 1. The predicted octanol–water partition coefficient (Wildman–Crippen LogP) is 2.22. The number of carboxylic acid groups (broad SMARTS) is 1. The van der Waals surface area contributed by atoms with Crippen LogP contribution in [-0.2, 0) is 10.0 Å². The van der Waals surface area contributed by atoms with E-state index in [1.54, 1.807) is 23.1 Å². The molecule has 2 heterocycles. The van der Waals surface area contributed by atoms with Crippen LogP contribution >= 0.6 is 0 Å². The number of nitrogens with two attached hydrogens (primary N) is 1. The van der Waals surface area contributed by atoms with E-state index < -0.39 is 33.3 Å². The van der Waals surface area contributed by atoms with Crippen LogP contribution in [0.1, 0.15) is 42.5 Å². The quantitative estimate of drug-likeness (QED) is 0.436. The van der Waals surface area contributed by atoms with E-state index in [2.05, 4.69) is 0 Å². The third kappa shape index (κ3) is 5.52. The molecule has 10 nitrogen and oxygen atoms in total. The molecule has 0 atom stereocenters. The third-order valence-electron chi connectivity index (χ3n) is 6.63. The second-order valence-electron chi connectivity index (χ2n) is 9.15. The van der Waals surface area contributed by atoms with Gasteiger partial charge in [-0.1, -0.05) is 0 Å². The number of piperazine rings is 1. The summed E-state index contributed by atoms with van der Waals surface area (Å²) in [5, 5.41) is 14.1. The molecule has 0 saturated carbocycles. The van der Waals surface area contributed by atoms with Crippen LogP contribution in [0.5, 0.6) is 0 Å². The number of primary sulfonamides is 1. The monoisotopic (exact) mass is 542 g/mol. The van der Waals surface area contributed by atoms with Crippen LogP contribution in [0.4, 0.5) is 4.39 Å². The summed E-state index contributed by atoms with van der Waals surface area (Å²) in [6.45, 7) is 5.39. The minimum absolute atomic E-state index is 0.0000426. The van der Waals surface area contributed by atoms with Gasteiger partial charge in [0.1, 0.15) is 5.82 Å². The van der Waals surface area contributed by atoms with Crippen molar-refractivity contribution < 1.29 is 32.3 Å². The van der Waals surface area contributed by atoms with Crippen LogP contribution in [-0.4, -0.2) is 78.3 Å². The number of carboxylic acids is 1. The van der Waals surface area contributed by atoms with Gasteiger partial charge in [-0.2, -0.15) is 0 Å². The van der Waals surface area contributed by atoms with E-state index in [4.69, 9.17) is 10.2 Å². The summed E-state index contributed by atoms with van der Waals surface area (Å²) < 4.78 is 39.0. The molecular weight excluding hydrogens is 515 g/mol. The highest BCUT2D eigenvalue weighted by Crippen LogP contribution is 2.23. The number of halogens is 1. The number of sulfonamides is 1. The fourth-order valence-corrected chi connectivity index (χ4v) is 5.14. The molecule has 200 valence electrons. The summed E-state index contributed by atoms with van der Waals surface area (Å²) in [7, 11) is -3.81. The standard InChI is InChI=1S/C26H27FN4O6S/c1-16-13-22(17(2)31(16)19-4-6-20(7-5-19)38(28,36)37)24(32)15-29-9-11-30(12-10-29)25(33)18-3-8-21(26(34)35)23(27)14-18/h3-8,13-14H,9-12,15H2,1-2H3,(H,34,35)(H2,28,36,37). The number of Topliss-reactive ketones (excluding diaryl/α,β-unsaturated/α-hetero) is 1. The number of rotatable bonds is 7. The topological polar surface area (TPSA) is 143 Å². The van der Waals surface area contributed by atoms with Gasteiger partial charge in [0.2, 0.25) is 10.0 Å². The normalized spacial score (nSPS) is 14.5. The van der Waals surface area contributed by atoms with Crippen molar-refractivity contribution in [1.82, 2.24) is 14.4 Å². The minimum Gasteiger partial charge on any atom is -0.478 e. The fraction of sp³-hybridized carbons (Fsp3) is 0.269. The fourth-order valence-electron chi connectivity index (χ4n) is 4.63. The number of aromatic nitrogens is 1. The molecule has 1 aliphatic rings. The zero-order chi connectivity index (χ0) is 27.8. The zero-order valence-electron chi connectivity index (χ0n) is 20.8. The van der Waals surface area contributed by atoms with Crippen LogP contribution < -0.4 is 5.14 Å². The number of aromatic carboxylic acids is 1. The summed E-state index contributed by atoms with van der Waals surface area (Å²) in [6.07, 6.45) is 0. The molecule has 0 spiro atoms. The molecule has 1 aliphatic heterocycles. The number of nitrogens with zero attached hydrogens (tertiary/aromatic N) is 3. The van der Waals surface area contributed by atoms with E-state index in [9.17, 15) is 27.2 Å². The molecule has 1 saturated heterocycles. The molecule has 1 aromatic heterocycles. The van der Waals surface area contributed by atoms with Crippen molar-refractivity contribution in [2.45, 2.75) is 18.7 Å². The first-order valence-corrected chi connectivity index (χ1v) is 13.3. The maximum Gasteiger partial charge on any atom is 0.338 e. The second-order valence-corrected chi connectivity index (χ2v) is 10.7. The van der Waals surface area contributed by atoms with Gasteiger partial charge in [0.15, 0.2) is 5.78 Å². The molecule has 2 aromatic carbocycles. The Kier molecular flexibility index (Phi) is 7.49. The van der Waals surface area contributed by atoms with E-state index in [1.165, 1.54) is 18.2 Å². The summed E-state index contributed by atoms with van der Waals surface area (Å²) in [5.41, 5.74) is 2.35. The predicted molar refractivity (Wildman–Crippen MR) is 137 cm³/mol. The molecule has 0 bridgehead atoms. The Hall–Kier alpha value is -3.87. The zero-order valence-corrected chi connectivity index (χ0v) is 21.7. The summed E-state index contributed by atoms with van der Waals surface area (Å²) >= 11 is 0. The smallest absolute Gasteiger partial charge is 0.338 e. The van der Waals surface area contributed by atoms with Crippen molar-refractivity contribution in [2.24, 2.45) is 5.14 Å². The van der Waals surface area contributed by atoms with E-state index in [0.717, 1.165) is 23.5 Å². The number of aryl methyl sites for hydroxylation is 1. The van der Waals surface area contributed by atoms with Crippen molar-refractivity contribution in [3.05, 3.63) is 82.4 Å². The Labute approximate surface area is 219 Å². The van der Waals surface area contributed by atoms with Gasteiger partial charge in [0.05, 0.1) is 17.0 Å². The third-order valence-corrected chi connectivity index (χ3v) is 7.56. The maximum atomic E-state index is 14.0. The van der Waals surface area contributed by atoms with Gasteiger partial charge in [-0.15, -0.1) is 0 Å². The van der Waals surface area contributed by atoms with Crippen LogP contribution in [0.25, 0.3) is 5.69 Å². The average Bonchev–Trinajstić information content (AvgIpc) is 3.17. The highest BCUT2D eigenvalue weighted by atomic mass is 32.2. The first kappa shape index (κ1) is 27.2. The summed E-state index contributed by atoms with van der Waals surface area (Å²) in [6, 6.07) is 11.2. The Morgan fingerprint density at radius 2 is 1.58 bits per heavy atom. The number of hydrogen-bond donors (Lipinski definition) is 2. The molecule has 12 heteroatoms. The Balaban J connectivity index is 1.40. The largest absolute Gasteiger partial charge is 0.478 e. The van der Waals surface area contributed by atoms with Crippen molar-refractivity contribution in [3.63, 3.8) is 0 Å². The van der Waals surface area contributed by atoms with Gasteiger partial charge in [-0.3, -0.25) is 14.5 Å². The molecule has 1 fully saturated rings. The van der Waals surface area contributed by atoms with Crippen molar-refractivity contribution in [1.29, 1.82) is 0 Å². The van der Waals surface area contributed by atoms with Gasteiger partial charge < -0.3 is 14.6 Å². The van der Waals surface area contributed by atoms with Crippen LogP contribution in [0.3, 0.4) is 0 Å². The van der Waals surface area contributed by atoms with E-state index in [0.29, 0.717) is 37.4 Å². The Morgan fingerprint density at radius 1 is 0.947 bits per heavy atom. The molecule has 38 heavy (non-hydrogen) atoms. The summed E-state index contributed by atoms with van der Waals surface area (Å²) in [4.78, 5) is 40.4. The number of hydrogen-bond acceptors (Lipinski definition) is 6. The molecule has 3 aromatic rings. The highest BCUT2D eigenvalue weighted by Gasteiger charge is 2.26. The number of ketones is 1. The molecule has 3 N–H and O–H groups in total. The van der Waals surface area contributed by atoms with Gasteiger partial charge in [0, 0.05) is 54.4 Å². The lowest BCUT2D eigenvalue weighted by Gasteiger charge is -2.34. The minimum atomic E-state index is -3.81. The lowest BCUT2D eigenvalue weighted by Crippen LogP contribution is -2.50. The van der Waals surface area contributed by atoms with Crippen LogP contribution in [0.15, 0.2) is 53.4 Å².